The third-order valence-electron chi connectivity index (χ3n) is 3.16. The highest BCUT2D eigenvalue weighted by molar-refractivity contribution is 5.62. The van der Waals surface area contributed by atoms with Crippen LogP contribution in [0, 0.1) is 12.8 Å². The van der Waals surface area contributed by atoms with Gasteiger partial charge in [-0.2, -0.15) is 4.98 Å². The number of rotatable bonds is 3. The van der Waals surface area contributed by atoms with Gasteiger partial charge in [-0.1, -0.05) is 11.2 Å². The molecule has 1 saturated carbocycles. The van der Waals surface area contributed by atoms with Gasteiger partial charge < -0.3 is 10.3 Å². The Morgan fingerprint density at radius 2 is 2.24 bits per heavy atom. The molecule has 0 saturated heterocycles. The number of anilines is 1. The lowest BCUT2D eigenvalue weighted by Crippen LogP contribution is -1.91. The van der Waals surface area contributed by atoms with Crippen LogP contribution in [0.15, 0.2) is 22.7 Å². The summed E-state index contributed by atoms with van der Waals surface area (Å²) < 4.78 is 5.26. The second-order valence-corrected chi connectivity index (χ2v) is 4.73. The molecule has 4 heteroatoms. The Labute approximate surface area is 99.8 Å². The summed E-state index contributed by atoms with van der Waals surface area (Å²) in [5, 5.41) is 4.00. The van der Waals surface area contributed by atoms with Crippen molar-refractivity contribution in [2.45, 2.75) is 26.2 Å². The Bertz CT molecular complexity index is 543. The number of nitrogens with two attached hydrogens (primary N) is 1. The molecule has 0 aliphatic heterocycles. The molecule has 0 radical (unpaired) electrons. The second kappa shape index (κ2) is 3.87. The third kappa shape index (κ3) is 2.16. The van der Waals surface area contributed by atoms with Crippen LogP contribution in [0.5, 0.6) is 0 Å². The lowest BCUT2D eigenvalue weighted by Gasteiger charge is -2.00. The highest BCUT2D eigenvalue weighted by Crippen LogP contribution is 2.32. The number of hydrogen-bond donors (Lipinski definition) is 1. The fourth-order valence-corrected chi connectivity index (χ4v) is 1.81. The molecule has 3 rings (SSSR count). The summed E-state index contributed by atoms with van der Waals surface area (Å²) in [6, 6.07) is 5.80. The largest absolute Gasteiger partial charge is 0.398 e. The molecule has 0 unspecified atom stereocenters. The van der Waals surface area contributed by atoms with Gasteiger partial charge in [0, 0.05) is 17.7 Å². The van der Waals surface area contributed by atoms with Crippen molar-refractivity contribution in [3.63, 3.8) is 0 Å². The topological polar surface area (TPSA) is 64.9 Å². The maximum absolute atomic E-state index is 5.87. The number of aryl methyl sites for hydroxylation is 1. The van der Waals surface area contributed by atoms with Crippen LogP contribution in [0.3, 0.4) is 0 Å². The number of benzene rings is 1. The maximum Gasteiger partial charge on any atom is 0.257 e. The Hall–Kier alpha value is -1.84. The molecule has 0 amide bonds. The zero-order valence-electron chi connectivity index (χ0n) is 9.81. The predicted molar refractivity (Wildman–Crippen MR) is 65.3 cm³/mol. The minimum atomic E-state index is 0.562. The lowest BCUT2D eigenvalue weighted by atomic mass is 10.1. The molecular formula is C13H15N3O. The van der Waals surface area contributed by atoms with Gasteiger partial charge in [-0.05, 0) is 43.4 Å². The third-order valence-corrected chi connectivity index (χ3v) is 3.16. The van der Waals surface area contributed by atoms with E-state index in [0.29, 0.717) is 5.89 Å². The molecule has 0 bridgehead atoms. The normalized spacial score (nSPS) is 15.1. The molecule has 1 fully saturated rings. The van der Waals surface area contributed by atoms with E-state index in [9.17, 15) is 0 Å². The molecule has 2 aromatic rings. The summed E-state index contributed by atoms with van der Waals surface area (Å²) in [6.07, 6.45) is 3.52. The first-order valence-electron chi connectivity index (χ1n) is 5.91. The zero-order chi connectivity index (χ0) is 11.8. The van der Waals surface area contributed by atoms with E-state index in [1.54, 1.807) is 0 Å². The number of hydrogen-bond acceptors (Lipinski definition) is 4. The van der Waals surface area contributed by atoms with E-state index in [-0.39, 0.29) is 0 Å². The van der Waals surface area contributed by atoms with Crippen LogP contribution >= 0.6 is 0 Å². The van der Waals surface area contributed by atoms with E-state index in [1.807, 2.05) is 25.1 Å². The van der Waals surface area contributed by atoms with Gasteiger partial charge in [0.25, 0.3) is 5.89 Å². The van der Waals surface area contributed by atoms with Gasteiger partial charge in [0.15, 0.2) is 5.82 Å². The van der Waals surface area contributed by atoms with Gasteiger partial charge >= 0.3 is 0 Å². The Balaban J connectivity index is 1.86. The first-order valence-corrected chi connectivity index (χ1v) is 5.91. The Morgan fingerprint density at radius 1 is 1.41 bits per heavy atom. The minimum absolute atomic E-state index is 0.562. The van der Waals surface area contributed by atoms with E-state index in [4.69, 9.17) is 10.3 Å². The van der Waals surface area contributed by atoms with Crippen molar-refractivity contribution in [1.82, 2.24) is 10.1 Å². The van der Waals surface area contributed by atoms with Crippen molar-refractivity contribution < 1.29 is 4.52 Å². The monoisotopic (exact) mass is 229 g/mol. The second-order valence-electron chi connectivity index (χ2n) is 4.73. The highest BCUT2D eigenvalue weighted by atomic mass is 16.5. The molecule has 4 nitrogen and oxygen atoms in total. The quantitative estimate of drug-likeness (QED) is 0.821. The average Bonchev–Trinajstić information content (AvgIpc) is 2.99. The van der Waals surface area contributed by atoms with Crippen molar-refractivity contribution in [2.75, 3.05) is 5.73 Å². The van der Waals surface area contributed by atoms with Crippen LogP contribution in [0.2, 0.25) is 0 Å². The first kappa shape index (κ1) is 10.3. The average molecular weight is 229 g/mol. The molecule has 88 valence electrons. The van der Waals surface area contributed by atoms with Gasteiger partial charge in [-0.15, -0.1) is 0 Å². The van der Waals surface area contributed by atoms with Gasteiger partial charge in [0.05, 0.1) is 0 Å². The fourth-order valence-electron chi connectivity index (χ4n) is 1.81. The zero-order valence-corrected chi connectivity index (χ0v) is 9.81. The molecule has 1 aromatic heterocycles. The van der Waals surface area contributed by atoms with E-state index in [1.165, 1.54) is 12.8 Å². The Kier molecular flexibility index (Phi) is 2.35. The van der Waals surface area contributed by atoms with Crippen LogP contribution in [-0.4, -0.2) is 10.1 Å². The van der Waals surface area contributed by atoms with Crippen LogP contribution in [0.1, 0.15) is 24.2 Å². The van der Waals surface area contributed by atoms with E-state index < -0.39 is 0 Å². The van der Waals surface area contributed by atoms with Crippen molar-refractivity contribution in [3.8, 4) is 11.5 Å². The summed E-state index contributed by atoms with van der Waals surface area (Å²) in [5.74, 6) is 2.14. The van der Waals surface area contributed by atoms with Crippen molar-refractivity contribution >= 4 is 5.69 Å². The maximum atomic E-state index is 5.87. The van der Waals surface area contributed by atoms with Crippen LogP contribution in [0.4, 0.5) is 5.69 Å². The van der Waals surface area contributed by atoms with Gasteiger partial charge in [-0.25, -0.2) is 0 Å². The number of nitrogen functional groups attached to an aromatic ring is 1. The van der Waals surface area contributed by atoms with Crippen molar-refractivity contribution in [1.29, 1.82) is 0 Å². The summed E-state index contributed by atoms with van der Waals surface area (Å²) in [6.45, 7) is 1.98. The molecule has 1 heterocycles. The molecule has 17 heavy (non-hydrogen) atoms. The summed E-state index contributed by atoms with van der Waals surface area (Å²) in [5.41, 5.74) is 8.57. The fraction of sp³-hybridized carbons (Fsp3) is 0.385. The standard InChI is InChI=1S/C13H15N3O/c1-8-2-5-10(7-11(8)14)13-15-12(16-17-13)6-9-3-4-9/h2,5,7,9H,3-4,6,14H2,1H3. The SMILES string of the molecule is Cc1ccc(-c2nc(CC3CC3)no2)cc1N. The molecule has 1 aliphatic carbocycles. The van der Waals surface area contributed by atoms with Crippen molar-refractivity contribution in [2.24, 2.45) is 5.92 Å². The summed E-state index contributed by atoms with van der Waals surface area (Å²) in [4.78, 5) is 4.40. The van der Waals surface area contributed by atoms with Crippen LogP contribution in [-0.2, 0) is 6.42 Å². The minimum Gasteiger partial charge on any atom is -0.398 e. The summed E-state index contributed by atoms with van der Waals surface area (Å²) in [7, 11) is 0. The number of aromatic nitrogens is 2. The van der Waals surface area contributed by atoms with Crippen LogP contribution < -0.4 is 5.73 Å². The number of nitrogens with zero attached hydrogens (tertiary/aromatic N) is 2. The van der Waals surface area contributed by atoms with E-state index in [0.717, 1.165) is 35.0 Å². The molecule has 1 aliphatic rings. The summed E-state index contributed by atoms with van der Waals surface area (Å²) >= 11 is 0. The van der Waals surface area contributed by atoms with E-state index in [2.05, 4.69) is 10.1 Å². The molecule has 0 atom stereocenters. The van der Waals surface area contributed by atoms with Crippen molar-refractivity contribution in [3.05, 3.63) is 29.6 Å². The lowest BCUT2D eigenvalue weighted by molar-refractivity contribution is 0.421. The molecular weight excluding hydrogens is 214 g/mol. The molecule has 0 spiro atoms. The first-order chi connectivity index (χ1) is 8.22. The Morgan fingerprint density at radius 3 is 2.94 bits per heavy atom. The predicted octanol–water partition coefficient (Wildman–Crippen LogP) is 2.58. The van der Waals surface area contributed by atoms with Gasteiger partial charge in [0.2, 0.25) is 0 Å². The van der Waals surface area contributed by atoms with Crippen LogP contribution in [0.25, 0.3) is 11.5 Å². The smallest absolute Gasteiger partial charge is 0.257 e. The molecule has 2 N–H and O–H groups in total. The van der Waals surface area contributed by atoms with Gasteiger partial charge in [-0.3, -0.25) is 0 Å². The molecule has 1 aromatic carbocycles. The van der Waals surface area contributed by atoms with Gasteiger partial charge in [0.1, 0.15) is 0 Å². The van der Waals surface area contributed by atoms with E-state index >= 15 is 0 Å². The highest BCUT2D eigenvalue weighted by Gasteiger charge is 2.24.